The average Bonchev–Trinajstić information content (AvgIpc) is 3.13. The minimum atomic E-state index is 0.168. The second-order valence-corrected chi connectivity index (χ2v) is 14.3. The fourth-order valence-corrected chi connectivity index (χ4v) is 9.13. The van der Waals surface area contributed by atoms with Gasteiger partial charge in [0.25, 0.3) is 0 Å². The van der Waals surface area contributed by atoms with Gasteiger partial charge in [0.05, 0.1) is 11.6 Å². The molecular formula is C44H36N4. The molecular weight excluding hydrogens is 585 g/mol. The van der Waals surface area contributed by atoms with Gasteiger partial charge in [-0.3, -0.25) is 0 Å². The van der Waals surface area contributed by atoms with Crippen molar-refractivity contribution in [2.75, 3.05) is 0 Å². The van der Waals surface area contributed by atoms with Crippen LogP contribution in [-0.2, 0) is 5.41 Å². The van der Waals surface area contributed by atoms with Crippen molar-refractivity contribution in [2.24, 2.45) is 23.7 Å². The van der Waals surface area contributed by atoms with E-state index in [2.05, 4.69) is 61.5 Å². The Kier molecular flexibility index (Phi) is 6.83. The first-order chi connectivity index (χ1) is 23.6. The summed E-state index contributed by atoms with van der Waals surface area (Å²) in [5.41, 5.74) is 9.45. The SMILES string of the molecule is CC1(c2ccc(-c3ccc(-c4nc(-c5ccccc5)nc(-c5ccccc5)n4)cc3)c(-c3ccccc3C#N)c2)C[C@H]2C[C@H]3C[C@@H](C1)C32. The van der Waals surface area contributed by atoms with Crippen LogP contribution in [0.5, 0.6) is 0 Å². The Morgan fingerprint density at radius 2 is 1.06 bits per heavy atom. The van der Waals surface area contributed by atoms with Crippen molar-refractivity contribution in [3.8, 4) is 62.5 Å². The molecule has 4 nitrogen and oxygen atoms in total. The fraction of sp³-hybridized carbons (Fsp3) is 0.227. The Bertz CT molecular complexity index is 2110. The molecule has 0 aliphatic heterocycles. The lowest BCUT2D eigenvalue weighted by molar-refractivity contribution is -0.141. The van der Waals surface area contributed by atoms with Crippen LogP contribution in [0, 0.1) is 35.0 Å². The first-order valence-electron chi connectivity index (χ1n) is 17.2. The topological polar surface area (TPSA) is 62.5 Å². The summed E-state index contributed by atoms with van der Waals surface area (Å²) in [7, 11) is 0. The molecule has 0 amide bonds. The van der Waals surface area contributed by atoms with E-state index in [0.717, 1.165) is 62.6 Å². The van der Waals surface area contributed by atoms with E-state index in [0.29, 0.717) is 23.0 Å². The molecule has 3 saturated carbocycles. The van der Waals surface area contributed by atoms with Crippen LogP contribution in [0.3, 0.4) is 0 Å². The molecule has 1 heterocycles. The zero-order chi connectivity index (χ0) is 32.2. The van der Waals surface area contributed by atoms with Crippen molar-refractivity contribution in [1.82, 2.24) is 15.0 Å². The lowest BCUT2D eigenvalue weighted by Crippen LogP contribution is -2.58. The lowest BCUT2D eigenvalue weighted by atomic mass is 9.39. The second kappa shape index (κ2) is 11.4. The highest BCUT2D eigenvalue weighted by molar-refractivity contribution is 5.87. The van der Waals surface area contributed by atoms with Crippen LogP contribution in [0.1, 0.15) is 43.7 Å². The summed E-state index contributed by atoms with van der Waals surface area (Å²) < 4.78 is 0. The Morgan fingerprint density at radius 1 is 0.542 bits per heavy atom. The summed E-state index contributed by atoms with van der Waals surface area (Å²) in [5.74, 6) is 5.71. The zero-order valence-corrected chi connectivity index (χ0v) is 27.1. The molecule has 3 aliphatic rings. The summed E-state index contributed by atoms with van der Waals surface area (Å²) in [6.07, 6.45) is 5.40. The van der Waals surface area contributed by atoms with E-state index in [-0.39, 0.29) is 5.41 Å². The van der Waals surface area contributed by atoms with Crippen LogP contribution in [0.4, 0.5) is 0 Å². The smallest absolute Gasteiger partial charge is 0.164 e. The molecule has 2 unspecified atom stereocenters. The maximum Gasteiger partial charge on any atom is 0.164 e. The first kappa shape index (κ1) is 28.8. The van der Waals surface area contributed by atoms with Crippen LogP contribution < -0.4 is 0 Å². The predicted molar refractivity (Wildman–Crippen MR) is 192 cm³/mol. The van der Waals surface area contributed by atoms with E-state index in [1.807, 2.05) is 78.9 Å². The molecule has 0 spiro atoms. The molecule has 1 aromatic heterocycles. The van der Waals surface area contributed by atoms with Gasteiger partial charge >= 0.3 is 0 Å². The summed E-state index contributed by atoms with van der Waals surface area (Å²) in [6.45, 7) is 2.49. The Balaban J connectivity index is 1.12. The van der Waals surface area contributed by atoms with Crippen molar-refractivity contribution in [1.29, 1.82) is 5.26 Å². The monoisotopic (exact) mass is 620 g/mol. The highest BCUT2D eigenvalue weighted by Crippen LogP contribution is 2.67. The molecule has 0 saturated heterocycles. The lowest BCUT2D eigenvalue weighted by Gasteiger charge is -2.65. The maximum absolute atomic E-state index is 10.1. The molecule has 232 valence electrons. The van der Waals surface area contributed by atoms with E-state index >= 15 is 0 Å². The third-order valence-corrected chi connectivity index (χ3v) is 11.5. The zero-order valence-electron chi connectivity index (χ0n) is 27.1. The van der Waals surface area contributed by atoms with Crippen LogP contribution in [-0.4, -0.2) is 15.0 Å². The summed E-state index contributed by atoms with van der Waals surface area (Å²) in [4.78, 5) is 14.7. The number of hydrogen-bond donors (Lipinski definition) is 0. The molecule has 4 heteroatoms. The van der Waals surface area contributed by atoms with Crippen LogP contribution >= 0.6 is 0 Å². The van der Waals surface area contributed by atoms with Gasteiger partial charge in [-0.25, -0.2) is 15.0 Å². The average molecular weight is 621 g/mol. The molecule has 6 aromatic rings. The quantitative estimate of drug-likeness (QED) is 0.186. The molecule has 0 N–H and O–H groups in total. The van der Waals surface area contributed by atoms with Gasteiger partial charge in [0.2, 0.25) is 0 Å². The third-order valence-electron chi connectivity index (χ3n) is 11.5. The molecule has 3 fully saturated rings. The molecule has 0 radical (unpaired) electrons. The van der Waals surface area contributed by atoms with Gasteiger partial charge in [0, 0.05) is 22.3 Å². The van der Waals surface area contributed by atoms with Gasteiger partial charge in [0.15, 0.2) is 17.5 Å². The van der Waals surface area contributed by atoms with Crippen molar-refractivity contribution in [3.63, 3.8) is 0 Å². The second-order valence-electron chi connectivity index (χ2n) is 14.3. The standard InChI is InChI=1S/C44H36N4/c1-44(25-34-22-33-23-35(26-44)40(33)34)36-20-21-38(39(24-36)37-15-9-8-14-32(37)27-45)28-16-18-31(19-17-28)43-47-41(29-10-4-2-5-11-29)46-42(48-43)30-12-6-3-7-13-30/h2-21,24,33-35,40H,22-23,25-26H2,1H3/t33-,34+,35-,40?,44?. The minimum absolute atomic E-state index is 0.168. The minimum Gasteiger partial charge on any atom is -0.208 e. The summed E-state index contributed by atoms with van der Waals surface area (Å²) in [6, 6.07) is 46.2. The van der Waals surface area contributed by atoms with E-state index in [1.165, 1.54) is 31.2 Å². The van der Waals surface area contributed by atoms with Gasteiger partial charge in [-0.2, -0.15) is 5.26 Å². The maximum atomic E-state index is 10.1. The molecule has 5 atom stereocenters. The van der Waals surface area contributed by atoms with Crippen LogP contribution in [0.2, 0.25) is 0 Å². The number of rotatable bonds is 6. The van der Waals surface area contributed by atoms with Crippen LogP contribution in [0.25, 0.3) is 56.4 Å². The fourth-order valence-electron chi connectivity index (χ4n) is 9.13. The van der Waals surface area contributed by atoms with Crippen molar-refractivity contribution >= 4 is 0 Å². The molecule has 5 aromatic carbocycles. The molecule has 9 rings (SSSR count). The van der Waals surface area contributed by atoms with Crippen molar-refractivity contribution < 1.29 is 0 Å². The van der Waals surface area contributed by atoms with Gasteiger partial charge in [-0.05, 0) is 89.2 Å². The van der Waals surface area contributed by atoms with E-state index in [4.69, 9.17) is 15.0 Å². The number of nitriles is 1. The van der Waals surface area contributed by atoms with Gasteiger partial charge in [-0.15, -0.1) is 0 Å². The van der Waals surface area contributed by atoms with E-state index < -0.39 is 0 Å². The third kappa shape index (κ3) is 4.85. The first-order valence-corrected chi connectivity index (χ1v) is 17.2. The molecule has 3 aliphatic carbocycles. The van der Waals surface area contributed by atoms with E-state index in [1.54, 1.807) is 0 Å². The summed E-state index contributed by atoms with van der Waals surface area (Å²) >= 11 is 0. The van der Waals surface area contributed by atoms with Crippen LogP contribution in [0.15, 0.2) is 127 Å². The predicted octanol–water partition coefficient (Wildman–Crippen LogP) is 10.4. The van der Waals surface area contributed by atoms with Gasteiger partial charge in [0.1, 0.15) is 0 Å². The van der Waals surface area contributed by atoms with E-state index in [9.17, 15) is 5.26 Å². The molecule has 0 bridgehead atoms. The number of hydrogen-bond acceptors (Lipinski definition) is 4. The Morgan fingerprint density at radius 3 is 1.62 bits per heavy atom. The highest BCUT2D eigenvalue weighted by Gasteiger charge is 2.59. The van der Waals surface area contributed by atoms with Gasteiger partial charge in [-0.1, -0.05) is 122 Å². The normalized spacial score (nSPS) is 23.7. The molecule has 48 heavy (non-hydrogen) atoms. The summed E-state index contributed by atoms with van der Waals surface area (Å²) in [5, 5.41) is 10.1. The number of benzene rings is 5. The Labute approximate surface area is 282 Å². The van der Waals surface area contributed by atoms with Crippen molar-refractivity contribution in [3.05, 3.63) is 139 Å². The van der Waals surface area contributed by atoms with Crippen molar-refractivity contribution in [2.45, 2.75) is 38.0 Å². The Hall–Kier alpha value is -5.40. The highest BCUT2D eigenvalue weighted by atomic mass is 15.0. The van der Waals surface area contributed by atoms with Gasteiger partial charge < -0.3 is 0 Å². The number of nitrogens with zero attached hydrogens (tertiary/aromatic N) is 4. The number of aromatic nitrogens is 3. The largest absolute Gasteiger partial charge is 0.208 e.